The molecule has 3 rings (SSSR count). The Balaban J connectivity index is 1.48. The van der Waals surface area contributed by atoms with E-state index in [-0.39, 0.29) is 18.4 Å². The van der Waals surface area contributed by atoms with E-state index in [0.29, 0.717) is 41.9 Å². The van der Waals surface area contributed by atoms with E-state index in [1.807, 2.05) is 4.90 Å². The number of amides is 2. The minimum Gasteiger partial charge on any atom is -0.336 e. The van der Waals surface area contributed by atoms with Crippen LogP contribution in [0.4, 0.5) is 5.13 Å². The lowest BCUT2D eigenvalue weighted by atomic mass is 10.2. The quantitative estimate of drug-likeness (QED) is 0.890. The summed E-state index contributed by atoms with van der Waals surface area (Å²) in [6.07, 6.45) is 0. The Kier molecular flexibility index (Phi) is 5.39. The molecule has 1 fully saturated rings. The summed E-state index contributed by atoms with van der Waals surface area (Å²) in [6, 6.07) is 6.94. The van der Waals surface area contributed by atoms with Crippen LogP contribution in [0, 0.1) is 0 Å². The number of carbonyl (C=O) groups is 2. The molecule has 1 aliphatic rings. The van der Waals surface area contributed by atoms with Gasteiger partial charge in [-0.1, -0.05) is 29.0 Å². The maximum atomic E-state index is 12.4. The third-order valence-electron chi connectivity index (χ3n) is 3.70. The standard InChI is InChI=1S/C15H16ClN5O2S/c16-12-3-1-2-11(8-12)14(23)21-6-4-20(5-7-21)9-13(22)18-15-19-17-10-24-15/h1-3,8,10H,4-7,9H2,(H,18,19,22). The predicted octanol–water partition coefficient (Wildman–Crippen LogP) is 1.59. The van der Waals surface area contributed by atoms with Crippen molar-refractivity contribution in [3.8, 4) is 0 Å². The lowest BCUT2D eigenvalue weighted by Gasteiger charge is -2.34. The summed E-state index contributed by atoms with van der Waals surface area (Å²) in [5.41, 5.74) is 2.15. The molecule has 2 heterocycles. The highest BCUT2D eigenvalue weighted by atomic mass is 35.5. The number of hydrogen-bond acceptors (Lipinski definition) is 6. The molecule has 1 saturated heterocycles. The van der Waals surface area contributed by atoms with E-state index in [2.05, 4.69) is 15.5 Å². The second kappa shape index (κ2) is 7.69. The van der Waals surface area contributed by atoms with Gasteiger partial charge in [-0.15, -0.1) is 10.2 Å². The van der Waals surface area contributed by atoms with Gasteiger partial charge in [-0.3, -0.25) is 19.8 Å². The van der Waals surface area contributed by atoms with Gasteiger partial charge in [0.1, 0.15) is 5.51 Å². The van der Waals surface area contributed by atoms with Gasteiger partial charge in [0, 0.05) is 36.8 Å². The average Bonchev–Trinajstić information content (AvgIpc) is 3.07. The zero-order valence-corrected chi connectivity index (χ0v) is 14.4. The molecule has 2 amide bonds. The van der Waals surface area contributed by atoms with Crippen LogP contribution in [0.15, 0.2) is 29.8 Å². The first-order chi connectivity index (χ1) is 11.6. The Labute approximate surface area is 148 Å². The Bertz CT molecular complexity index is 716. The number of piperazine rings is 1. The molecule has 0 atom stereocenters. The van der Waals surface area contributed by atoms with Crippen LogP contribution in [0.1, 0.15) is 10.4 Å². The number of hydrogen-bond donors (Lipinski definition) is 1. The fourth-order valence-electron chi connectivity index (χ4n) is 2.50. The fraction of sp³-hybridized carbons (Fsp3) is 0.333. The zero-order chi connectivity index (χ0) is 16.9. The van der Waals surface area contributed by atoms with E-state index in [1.54, 1.807) is 34.7 Å². The Morgan fingerprint density at radius 2 is 2.04 bits per heavy atom. The van der Waals surface area contributed by atoms with Gasteiger partial charge in [-0.25, -0.2) is 0 Å². The largest absolute Gasteiger partial charge is 0.336 e. The van der Waals surface area contributed by atoms with Crippen LogP contribution in [0.5, 0.6) is 0 Å². The number of rotatable bonds is 4. The monoisotopic (exact) mass is 365 g/mol. The highest BCUT2D eigenvalue weighted by Gasteiger charge is 2.23. The van der Waals surface area contributed by atoms with Gasteiger partial charge in [0.15, 0.2) is 0 Å². The fourth-order valence-corrected chi connectivity index (χ4v) is 3.15. The lowest BCUT2D eigenvalue weighted by molar-refractivity contribution is -0.117. The molecule has 126 valence electrons. The summed E-state index contributed by atoms with van der Waals surface area (Å²) in [4.78, 5) is 28.2. The lowest BCUT2D eigenvalue weighted by Crippen LogP contribution is -2.50. The second-order valence-corrected chi connectivity index (χ2v) is 6.64. The minimum atomic E-state index is -0.124. The third-order valence-corrected chi connectivity index (χ3v) is 4.55. The van der Waals surface area contributed by atoms with Gasteiger partial charge >= 0.3 is 0 Å². The van der Waals surface area contributed by atoms with Crippen molar-refractivity contribution in [2.75, 3.05) is 38.0 Å². The van der Waals surface area contributed by atoms with Gasteiger partial charge in [-0.2, -0.15) is 0 Å². The molecule has 1 aromatic carbocycles. The van der Waals surface area contributed by atoms with Crippen LogP contribution in [0.2, 0.25) is 5.02 Å². The second-order valence-electron chi connectivity index (χ2n) is 5.37. The van der Waals surface area contributed by atoms with Crippen molar-refractivity contribution in [3.63, 3.8) is 0 Å². The molecule has 9 heteroatoms. The van der Waals surface area contributed by atoms with Crippen LogP contribution < -0.4 is 5.32 Å². The van der Waals surface area contributed by atoms with Gasteiger partial charge in [0.25, 0.3) is 5.91 Å². The maximum absolute atomic E-state index is 12.4. The van der Waals surface area contributed by atoms with E-state index < -0.39 is 0 Å². The first kappa shape index (κ1) is 16.8. The molecule has 1 aromatic heterocycles. The number of nitrogens with zero attached hydrogens (tertiary/aromatic N) is 4. The molecule has 1 aliphatic heterocycles. The Morgan fingerprint density at radius 3 is 2.71 bits per heavy atom. The van der Waals surface area contributed by atoms with E-state index >= 15 is 0 Å². The number of nitrogens with one attached hydrogen (secondary N) is 1. The first-order valence-corrected chi connectivity index (χ1v) is 8.71. The van der Waals surface area contributed by atoms with E-state index in [4.69, 9.17) is 11.6 Å². The number of aromatic nitrogens is 2. The minimum absolute atomic E-state index is 0.0320. The normalized spacial score (nSPS) is 15.3. The number of halogens is 1. The molecule has 7 nitrogen and oxygen atoms in total. The molecule has 0 radical (unpaired) electrons. The van der Waals surface area contributed by atoms with Crippen LogP contribution in [-0.2, 0) is 4.79 Å². The summed E-state index contributed by atoms with van der Waals surface area (Å²) in [7, 11) is 0. The van der Waals surface area contributed by atoms with Crippen LogP contribution in [-0.4, -0.2) is 64.5 Å². The van der Waals surface area contributed by atoms with Crippen molar-refractivity contribution in [3.05, 3.63) is 40.4 Å². The summed E-state index contributed by atoms with van der Waals surface area (Å²) in [5.74, 6) is -0.156. The molecule has 1 N–H and O–H groups in total. The van der Waals surface area contributed by atoms with E-state index in [9.17, 15) is 9.59 Å². The van der Waals surface area contributed by atoms with Gasteiger partial charge in [0.2, 0.25) is 11.0 Å². The molecule has 0 saturated carbocycles. The van der Waals surface area contributed by atoms with Gasteiger partial charge in [0.05, 0.1) is 6.54 Å². The number of anilines is 1. The van der Waals surface area contributed by atoms with E-state index in [1.165, 1.54) is 11.3 Å². The summed E-state index contributed by atoms with van der Waals surface area (Å²) < 4.78 is 0. The molecule has 24 heavy (non-hydrogen) atoms. The van der Waals surface area contributed by atoms with Crippen LogP contribution in [0.25, 0.3) is 0 Å². The average molecular weight is 366 g/mol. The highest BCUT2D eigenvalue weighted by molar-refractivity contribution is 7.13. The van der Waals surface area contributed by atoms with Gasteiger partial charge < -0.3 is 4.90 Å². The van der Waals surface area contributed by atoms with Crippen molar-refractivity contribution in [1.29, 1.82) is 0 Å². The van der Waals surface area contributed by atoms with Crippen molar-refractivity contribution >= 4 is 39.9 Å². The molecular weight excluding hydrogens is 350 g/mol. The molecule has 2 aromatic rings. The first-order valence-electron chi connectivity index (χ1n) is 7.45. The predicted molar refractivity (Wildman–Crippen MR) is 92.3 cm³/mol. The maximum Gasteiger partial charge on any atom is 0.253 e. The van der Waals surface area contributed by atoms with Crippen LogP contribution >= 0.6 is 22.9 Å². The SMILES string of the molecule is O=C(CN1CCN(C(=O)c2cccc(Cl)c2)CC1)Nc1nncs1. The summed E-state index contributed by atoms with van der Waals surface area (Å²) in [5, 5.41) is 11.2. The van der Waals surface area contributed by atoms with Crippen LogP contribution in [0.3, 0.4) is 0 Å². The molecule has 0 bridgehead atoms. The Morgan fingerprint density at radius 1 is 1.25 bits per heavy atom. The number of benzene rings is 1. The zero-order valence-electron chi connectivity index (χ0n) is 12.8. The topological polar surface area (TPSA) is 78.4 Å². The molecule has 0 spiro atoms. The number of carbonyl (C=O) groups excluding carboxylic acids is 2. The highest BCUT2D eigenvalue weighted by Crippen LogP contribution is 2.14. The third kappa shape index (κ3) is 4.28. The molecule has 0 aliphatic carbocycles. The Hall–Kier alpha value is -2.03. The molecule has 0 unspecified atom stereocenters. The summed E-state index contributed by atoms with van der Waals surface area (Å²) >= 11 is 7.21. The van der Waals surface area contributed by atoms with Crippen molar-refractivity contribution < 1.29 is 9.59 Å². The molecular formula is C15H16ClN5O2S. The van der Waals surface area contributed by atoms with Crippen molar-refractivity contribution in [2.24, 2.45) is 0 Å². The van der Waals surface area contributed by atoms with E-state index in [0.717, 1.165) is 0 Å². The summed E-state index contributed by atoms with van der Waals surface area (Å²) in [6.45, 7) is 2.74. The van der Waals surface area contributed by atoms with Gasteiger partial charge in [-0.05, 0) is 18.2 Å². The smallest absolute Gasteiger partial charge is 0.253 e. The van der Waals surface area contributed by atoms with Crippen molar-refractivity contribution in [2.45, 2.75) is 0 Å². The van der Waals surface area contributed by atoms with Crippen molar-refractivity contribution in [1.82, 2.24) is 20.0 Å².